The number of carbonyl (C=O) groups excluding carboxylic acids is 1. The van der Waals surface area contributed by atoms with Crippen LogP contribution in [-0.2, 0) is 26.2 Å². The maximum absolute atomic E-state index is 12.3. The third-order valence-electron chi connectivity index (χ3n) is 4.18. The zero-order valence-corrected chi connectivity index (χ0v) is 14.0. The molecule has 1 atom stereocenters. The zero-order chi connectivity index (χ0) is 17.0. The van der Waals surface area contributed by atoms with Gasteiger partial charge < -0.3 is 14.7 Å². The molecule has 1 N–H and O–H groups in total. The van der Waals surface area contributed by atoms with Crippen LogP contribution >= 0.6 is 0 Å². The van der Waals surface area contributed by atoms with Gasteiger partial charge in [0.05, 0.1) is 13.2 Å². The highest BCUT2D eigenvalue weighted by Gasteiger charge is 2.32. The Kier molecular flexibility index (Phi) is 5.42. The first-order valence-electron chi connectivity index (χ1n) is 7.98. The van der Waals surface area contributed by atoms with Crippen LogP contribution in [0.4, 0.5) is 0 Å². The molecule has 1 aliphatic heterocycles. The van der Waals surface area contributed by atoms with Crippen molar-refractivity contribution in [1.29, 1.82) is 0 Å². The van der Waals surface area contributed by atoms with Crippen LogP contribution < -0.4 is 0 Å². The predicted octanol–water partition coefficient (Wildman–Crippen LogP) is 2.23. The number of aliphatic carboxylic acids is 1. The van der Waals surface area contributed by atoms with Crippen molar-refractivity contribution in [3.05, 3.63) is 35.4 Å². The molecule has 23 heavy (non-hydrogen) atoms. The average Bonchev–Trinajstić information content (AvgIpc) is 2.52. The zero-order valence-electron chi connectivity index (χ0n) is 14.0. The molecule has 2 rings (SSSR count). The van der Waals surface area contributed by atoms with E-state index in [1.165, 1.54) is 10.5 Å². The van der Waals surface area contributed by atoms with Gasteiger partial charge in [-0.2, -0.15) is 0 Å². The second-order valence-electron chi connectivity index (χ2n) is 6.96. The molecule has 1 aliphatic rings. The average molecular weight is 319 g/mol. The smallest absolute Gasteiger partial charge is 0.328 e. The van der Waals surface area contributed by atoms with Gasteiger partial charge in [0.2, 0.25) is 5.91 Å². The lowest BCUT2D eigenvalue weighted by atomic mass is 9.86. The summed E-state index contributed by atoms with van der Waals surface area (Å²) in [7, 11) is 0. The fourth-order valence-electron chi connectivity index (χ4n) is 2.67. The van der Waals surface area contributed by atoms with Crippen molar-refractivity contribution >= 4 is 11.9 Å². The van der Waals surface area contributed by atoms with Crippen LogP contribution in [0.15, 0.2) is 24.3 Å². The van der Waals surface area contributed by atoms with Crippen LogP contribution in [0, 0.1) is 0 Å². The van der Waals surface area contributed by atoms with Crippen LogP contribution in [0.25, 0.3) is 0 Å². The number of nitrogens with zero attached hydrogens (tertiary/aromatic N) is 1. The maximum atomic E-state index is 12.3. The summed E-state index contributed by atoms with van der Waals surface area (Å²) in [4.78, 5) is 24.9. The highest BCUT2D eigenvalue weighted by Crippen LogP contribution is 2.22. The van der Waals surface area contributed by atoms with E-state index in [4.69, 9.17) is 4.74 Å². The highest BCUT2D eigenvalue weighted by molar-refractivity contribution is 5.84. The van der Waals surface area contributed by atoms with Crippen LogP contribution in [0.1, 0.15) is 38.3 Å². The van der Waals surface area contributed by atoms with Gasteiger partial charge in [0.25, 0.3) is 0 Å². The first kappa shape index (κ1) is 17.5. The van der Waals surface area contributed by atoms with Crippen molar-refractivity contribution in [2.24, 2.45) is 0 Å². The lowest BCUT2D eigenvalue weighted by molar-refractivity contribution is -0.158. The van der Waals surface area contributed by atoms with Gasteiger partial charge >= 0.3 is 5.97 Å². The van der Waals surface area contributed by atoms with E-state index in [0.29, 0.717) is 26.0 Å². The molecule has 1 amide bonds. The number of carboxylic acids is 1. The lowest BCUT2D eigenvalue weighted by Crippen LogP contribution is -2.52. The number of amides is 1. The van der Waals surface area contributed by atoms with E-state index in [1.807, 2.05) is 12.1 Å². The molecular weight excluding hydrogens is 294 g/mol. The molecule has 5 heteroatoms. The third kappa shape index (κ3) is 4.55. The van der Waals surface area contributed by atoms with Gasteiger partial charge in [-0.3, -0.25) is 4.79 Å². The van der Waals surface area contributed by atoms with Gasteiger partial charge in [0.15, 0.2) is 6.04 Å². The van der Waals surface area contributed by atoms with Crippen molar-refractivity contribution in [2.45, 2.75) is 45.1 Å². The monoisotopic (exact) mass is 319 g/mol. The van der Waals surface area contributed by atoms with Crippen molar-refractivity contribution in [3.63, 3.8) is 0 Å². The van der Waals surface area contributed by atoms with E-state index < -0.39 is 12.0 Å². The fraction of sp³-hybridized carbons (Fsp3) is 0.556. The molecule has 126 valence electrons. The molecule has 0 saturated carbocycles. The molecule has 1 heterocycles. The third-order valence-corrected chi connectivity index (χ3v) is 4.18. The molecule has 0 aliphatic carbocycles. The number of carboxylic acid groups (broad SMARTS) is 1. The number of hydrogen-bond donors (Lipinski definition) is 1. The van der Waals surface area contributed by atoms with E-state index in [2.05, 4.69) is 32.9 Å². The first-order valence-corrected chi connectivity index (χ1v) is 7.98. The summed E-state index contributed by atoms with van der Waals surface area (Å²) in [5.41, 5.74) is 2.45. The topological polar surface area (TPSA) is 66.8 Å². The van der Waals surface area contributed by atoms with E-state index >= 15 is 0 Å². The Labute approximate surface area is 137 Å². The molecule has 1 aromatic carbocycles. The number of ether oxygens (including phenoxy) is 1. The van der Waals surface area contributed by atoms with Gasteiger partial charge in [-0.05, 0) is 23.0 Å². The molecule has 5 nitrogen and oxygen atoms in total. The molecule has 0 bridgehead atoms. The number of carbonyl (C=O) groups is 2. The number of rotatable bonds is 4. The minimum atomic E-state index is -1.01. The van der Waals surface area contributed by atoms with Crippen LogP contribution in [0.2, 0.25) is 0 Å². The maximum Gasteiger partial charge on any atom is 0.328 e. The molecular formula is C18H25NO4. The van der Waals surface area contributed by atoms with E-state index in [1.54, 1.807) is 0 Å². The summed E-state index contributed by atoms with van der Waals surface area (Å²) in [6, 6.07) is 7.41. The minimum absolute atomic E-state index is 0.0708. The Bertz CT molecular complexity index is 559. The molecule has 0 radical (unpaired) electrons. The summed E-state index contributed by atoms with van der Waals surface area (Å²) >= 11 is 0. The van der Waals surface area contributed by atoms with Gasteiger partial charge in [0.1, 0.15) is 0 Å². The lowest BCUT2D eigenvalue weighted by Gasteiger charge is -2.33. The number of aryl methyl sites for hydroxylation is 1. The van der Waals surface area contributed by atoms with Crippen LogP contribution in [-0.4, -0.2) is 47.7 Å². The standard InChI is InChI=1S/C18H25NO4/c1-18(2,3)14-7-4-13(5-8-14)6-9-16(20)19-10-11-23-12-15(19)17(21)22/h4-5,7-8,15H,6,9-12H2,1-3H3,(H,21,22). The summed E-state index contributed by atoms with van der Waals surface area (Å²) in [5, 5.41) is 9.18. The van der Waals surface area contributed by atoms with Gasteiger partial charge in [-0.25, -0.2) is 4.79 Å². The fourth-order valence-corrected chi connectivity index (χ4v) is 2.67. The molecule has 1 unspecified atom stereocenters. The SMILES string of the molecule is CC(C)(C)c1ccc(CCC(=O)N2CCOCC2C(=O)O)cc1. The van der Waals surface area contributed by atoms with Crippen LogP contribution in [0.3, 0.4) is 0 Å². The van der Waals surface area contributed by atoms with E-state index in [-0.39, 0.29) is 17.9 Å². The van der Waals surface area contributed by atoms with Crippen molar-refractivity contribution in [3.8, 4) is 0 Å². The molecule has 1 saturated heterocycles. The highest BCUT2D eigenvalue weighted by atomic mass is 16.5. The Morgan fingerprint density at radius 1 is 1.26 bits per heavy atom. The van der Waals surface area contributed by atoms with E-state index in [0.717, 1.165) is 5.56 Å². The van der Waals surface area contributed by atoms with Gasteiger partial charge in [-0.15, -0.1) is 0 Å². The van der Waals surface area contributed by atoms with Crippen molar-refractivity contribution < 1.29 is 19.4 Å². The largest absolute Gasteiger partial charge is 0.480 e. The van der Waals surface area contributed by atoms with Gasteiger partial charge in [-0.1, -0.05) is 45.0 Å². The number of benzene rings is 1. The normalized spacial score (nSPS) is 18.7. The first-order chi connectivity index (χ1) is 10.8. The van der Waals surface area contributed by atoms with Crippen LogP contribution in [0.5, 0.6) is 0 Å². The Hall–Kier alpha value is -1.88. The van der Waals surface area contributed by atoms with Crippen molar-refractivity contribution in [1.82, 2.24) is 4.90 Å². The second-order valence-corrected chi connectivity index (χ2v) is 6.96. The summed E-state index contributed by atoms with van der Waals surface area (Å²) < 4.78 is 5.16. The predicted molar refractivity (Wildman–Crippen MR) is 87.4 cm³/mol. The quantitative estimate of drug-likeness (QED) is 0.924. The molecule has 0 spiro atoms. The van der Waals surface area contributed by atoms with E-state index in [9.17, 15) is 14.7 Å². The van der Waals surface area contributed by atoms with Crippen molar-refractivity contribution in [2.75, 3.05) is 19.8 Å². The molecule has 1 aromatic rings. The Morgan fingerprint density at radius 3 is 2.48 bits per heavy atom. The Morgan fingerprint density at radius 2 is 1.91 bits per heavy atom. The summed E-state index contributed by atoms with van der Waals surface area (Å²) in [5.74, 6) is -1.13. The Balaban J connectivity index is 1.94. The van der Waals surface area contributed by atoms with Gasteiger partial charge in [0, 0.05) is 13.0 Å². The minimum Gasteiger partial charge on any atom is -0.480 e. The second kappa shape index (κ2) is 7.13. The number of hydrogen-bond acceptors (Lipinski definition) is 3. The number of morpholine rings is 1. The summed E-state index contributed by atoms with van der Waals surface area (Å²) in [6.45, 7) is 7.30. The molecule has 0 aromatic heterocycles. The summed E-state index contributed by atoms with van der Waals surface area (Å²) in [6.07, 6.45) is 0.936. The molecule has 1 fully saturated rings.